The molecule has 0 saturated carbocycles. The van der Waals surface area contributed by atoms with Crippen LogP contribution in [0.4, 0.5) is 0 Å². The maximum atomic E-state index is 12.1. The van der Waals surface area contributed by atoms with Crippen LogP contribution in [0.5, 0.6) is 0 Å². The van der Waals surface area contributed by atoms with Crippen molar-refractivity contribution in [2.45, 2.75) is 18.6 Å². The number of likely N-dealkylation sites (N-methyl/N-ethyl adjacent to an activating group) is 1. The number of hydrogen-bond acceptors (Lipinski definition) is 4. The maximum Gasteiger partial charge on any atom is 0.255 e. The first-order valence-corrected chi connectivity index (χ1v) is 7.66. The van der Waals surface area contributed by atoms with Gasteiger partial charge in [-0.1, -0.05) is 11.6 Å². The lowest BCUT2D eigenvalue weighted by Gasteiger charge is -2.26. The molecule has 1 unspecified atom stereocenters. The van der Waals surface area contributed by atoms with Crippen LogP contribution in [0.3, 0.4) is 0 Å². The fraction of sp³-hybridized carbons (Fsp3) is 0.545. The van der Waals surface area contributed by atoms with Crippen LogP contribution in [-0.4, -0.2) is 40.1 Å². The third-order valence-electron chi connectivity index (χ3n) is 2.77. The van der Waals surface area contributed by atoms with Gasteiger partial charge in [-0.05, 0) is 24.3 Å². The molecule has 6 heteroatoms. The lowest BCUT2D eigenvalue weighted by Crippen LogP contribution is -2.47. The Morgan fingerprint density at radius 3 is 2.94 bits per heavy atom. The van der Waals surface area contributed by atoms with Gasteiger partial charge < -0.3 is 10.0 Å². The van der Waals surface area contributed by atoms with Crippen molar-refractivity contribution >= 4 is 40.6 Å². The van der Waals surface area contributed by atoms with Crippen molar-refractivity contribution in [3.8, 4) is 0 Å². The van der Waals surface area contributed by atoms with Crippen LogP contribution in [0.1, 0.15) is 11.3 Å². The summed E-state index contributed by atoms with van der Waals surface area (Å²) in [7, 11) is 1.72. The molecule has 1 amide bonds. The van der Waals surface area contributed by atoms with Gasteiger partial charge in [0.1, 0.15) is 0 Å². The molecule has 0 aromatic carbocycles. The highest BCUT2D eigenvalue weighted by Gasteiger charge is 2.41. The van der Waals surface area contributed by atoms with E-state index in [1.54, 1.807) is 23.7 Å². The third kappa shape index (κ3) is 2.96. The van der Waals surface area contributed by atoms with E-state index in [4.69, 9.17) is 11.6 Å². The average molecular weight is 292 g/mol. The maximum absolute atomic E-state index is 12.1. The van der Waals surface area contributed by atoms with Gasteiger partial charge in [-0.2, -0.15) is 11.8 Å². The van der Waals surface area contributed by atoms with Gasteiger partial charge in [0, 0.05) is 17.7 Å². The molecule has 1 fully saturated rings. The number of nitrogens with zero attached hydrogens (tertiary/aromatic N) is 1. The Morgan fingerprint density at radius 1 is 1.65 bits per heavy atom. The highest BCUT2D eigenvalue weighted by molar-refractivity contribution is 7.99. The summed E-state index contributed by atoms with van der Waals surface area (Å²) in [6.45, 7) is 0.503. The lowest BCUT2D eigenvalue weighted by molar-refractivity contribution is -0.147. The molecular formula is C11H14ClNO2S2. The molecule has 1 atom stereocenters. The van der Waals surface area contributed by atoms with Crippen molar-refractivity contribution in [1.82, 2.24) is 4.90 Å². The summed E-state index contributed by atoms with van der Waals surface area (Å²) in [6, 6.07) is 3.73. The van der Waals surface area contributed by atoms with Crippen molar-refractivity contribution in [2.75, 3.05) is 18.6 Å². The number of amides is 1. The van der Waals surface area contributed by atoms with E-state index in [1.165, 1.54) is 11.3 Å². The molecule has 17 heavy (non-hydrogen) atoms. The van der Waals surface area contributed by atoms with Crippen LogP contribution in [0.2, 0.25) is 4.34 Å². The molecule has 1 aliphatic heterocycles. The summed E-state index contributed by atoms with van der Waals surface area (Å²) in [5, 5.41) is 10.2. The SMILES string of the molecule is CN(Cc1ccc(Cl)s1)C(=O)C1(O)CCSC1. The van der Waals surface area contributed by atoms with Crippen LogP contribution in [-0.2, 0) is 11.3 Å². The van der Waals surface area contributed by atoms with E-state index in [1.807, 2.05) is 12.1 Å². The molecule has 0 spiro atoms. The Balaban J connectivity index is 2.00. The van der Waals surface area contributed by atoms with Gasteiger partial charge in [0.25, 0.3) is 5.91 Å². The number of halogens is 1. The van der Waals surface area contributed by atoms with Crippen LogP contribution in [0.25, 0.3) is 0 Å². The molecule has 1 N–H and O–H groups in total. The fourth-order valence-corrected chi connectivity index (χ4v) is 4.19. The molecule has 1 aromatic rings. The summed E-state index contributed by atoms with van der Waals surface area (Å²) in [4.78, 5) is 14.7. The summed E-state index contributed by atoms with van der Waals surface area (Å²) in [5.74, 6) is 1.16. The zero-order valence-electron chi connectivity index (χ0n) is 9.48. The molecule has 2 heterocycles. The molecule has 1 aromatic heterocycles. The first kappa shape index (κ1) is 13.2. The summed E-state index contributed by atoms with van der Waals surface area (Å²) >= 11 is 8.92. The minimum Gasteiger partial charge on any atom is -0.379 e. The van der Waals surface area contributed by atoms with Crippen LogP contribution in [0.15, 0.2) is 12.1 Å². The van der Waals surface area contributed by atoms with Crippen molar-refractivity contribution in [3.05, 3.63) is 21.3 Å². The topological polar surface area (TPSA) is 40.5 Å². The Kier molecular flexibility index (Phi) is 4.02. The molecule has 94 valence electrons. The summed E-state index contributed by atoms with van der Waals surface area (Å²) in [5.41, 5.74) is -1.17. The lowest BCUT2D eigenvalue weighted by atomic mass is 10.0. The molecule has 0 bridgehead atoms. The van der Waals surface area contributed by atoms with Crippen LogP contribution < -0.4 is 0 Å². The fourth-order valence-electron chi connectivity index (χ4n) is 1.82. The molecule has 0 radical (unpaired) electrons. The first-order valence-electron chi connectivity index (χ1n) is 5.31. The number of hydrogen-bond donors (Lipinski definition) is 1. The smallest absolute Gasteiger partial charge is 0.255 e. The summed E-state index contributed by atoms with van der Waals surface area (Å²) in [6.07, 6.45) is 0.548. The number of rotatable bonds is 3. The average Bonchev–Trinajstić information content (AvgIpc) is 2.88. The molecule has 2 rings (SSSR count). The molecular weight excluding hydrogens is 278 g/mol. The van der Waals surface area contributed by atoms with Gasteiger partial charge in [0.05, 0.1) is 10.9 Å². The van der Waals surface area contributed by atoms with Gasteiger partial charge in [-0.25, -0.2) is 0 Å². The van der Waals surface area contributed by atoms with Crippen LogP contribution >= 0.6 is 34.7 Å². The van der Waals surface area contributed by atoms with E-state index in [9.17, 15) is 9.90 Å². The Labute approximate surface area is 114 Å². The van der Waals surface area contributed by atoms with Crippen molar-refractivity contribution in [3.63, 3.8) is 0 Å². The first-order chi connectivity index (χ1) is 8.01. The van der Waals surface area contributed by atoms with Crippen molar-refractivity contribution in [1.29, 1.82) is 0 Å². The predicted octanol–water partition coefficient (Wildman–Crippen LogP) is 2.23. The van der Waals surface area contributed by atoms with Gasteiger partial charge in [-0.15, -0.1) is 11.3 Å². The third-order valence-corrected chi connectivity index (χ3v) is 5.16. The highest BCUT2D eigenvalue weighted by Crippen LogP contribution is 2.30. The van der Waals surface area contributed by atoms with Gasteiger partial charge in [0.15, 0.2) is 5.60 Å². The number of carbonyl (C=O) groups excluding carboxylic acids is 1. The normalized spacial score (nSPS) is 23.9. The van der Waals surface area contributed by atoms with E-state index in [-0.39, 0.29) is 5.91 Å². The summed E-state index contributed by atoms with van der Waals surface area (Å²) < 4.78 is 0.719. The quantitative estimate of drug-likeness (QED) is 0.928. The second-order valence-electron chi connectivity index (χ2n) is 4.20. The molecule has 0 aliphatic carbocycles. The van der Waals surface area contributed by atoms with Gasteiger partial charge in [-0.3, -0.25) is 4.79 Å². The largest absolute Gasteiger partial charge is 0.379 e. The number of carbonyl (C=O) groups is 1. The van der Waals surface area contributed by atoms with Gasteiger partial charge in [0.2, 0.25) is 0 Å². The Morgan fingerprint density at radius 2 is 2.41 bits per heavy atom. The zero-order chi connectivity index (χ0) is 12.5. The second-order valence-corrected chi connectivity index (χ2v) is 7.11. The van der Waals surface area contributed by atoms with E-state index in [0.29, 0.717) is 18.7 Å². The Hall–Kier alpha value is -0.230. The Bertz CT molecular complexity index is 415. The number of thiophene rings is 1. The van der Waals surface area contributed by atoms with E-state index in [0.717, 1.165) is 15.0 Å². The van der Waals surface area contributed by atoms with Gasteiger partial charge >= 0.3 is 0 Å². The van der Waals surface area contributed by atoms with Crippen molar-refractivity contribution in [2.24, 2.45) is 0 Å². The number of thioether (sulfide) groups is 1. The minimum absolute atomic E-state index is 0.188. The molecule has 1 saturated heterocycles. The number of aliphatic hydroxyl groups is 1. The zero-order valence-corrected chi connectivity index (χ0v) is 11.9. The van der Waals surface area contributed by atoms with Crippen molar-refractivity contribution < 1.29 is 9.90 Å². The van der Waals surface area contributed by atoms with E-state index >= 15 is 0 Å². The molecule has 1 aliphatic rings. The van der Waals surface area contributed by atoms with E-state index in [2.05, 4.69) is 0 Å². The van der Waals surface area contributed by atoms with E-state index < -0.39 is 5.60 Å². The standard InChI is InChI=1S/C11H14ClNO2S2/c1-13(6-8-2-3-9(12)17-8)10(14)11(15)4-5-16-7-11/h2-3,15H,4-7H2,1H3. The minimum atomic E-state index is -1.17. The molecule has 3 nitrogen and oxygen atoms in total. The second kappa shape index (κ2) is 5.18. The predicted molar refractivity (Wildman–Crippen MR) is 72.7 cm³/mol. The highest BCUT2D eigenvalue weighted by atomic mass is 35.5. The monoisotopic (exact) mass is 291 g/mol. The van der Waals surface area contributed by atoms with Crippen LogP contribution in [0, 0.1) is 0 Å².